The van der Waals surface area contributed by atoms with Crippen LogP contribution in [0, 0.1) is 0 Å². The fraction of sp³-hybridized carbons (Fsp3) is 0.143. The molecule has 29 heavy (non-hydrogen) atoms. The number of rotatable bonds is 6. The van der Waals surface area contributed by atoms with Crippen LogP contribution in [0.3, 0.4) is 0 Å². The van der Waals surface area contributed by atoms with Gasteiger partial charge in [0.1, 0.15) is 0 Å². The zero-order valence-electron chi connectivity index (χ0n) is 13.8. The van der Waals surface area contributed by atoms with Gasteiger partial charge in [0.2, 0.25) is 0 Å². The van der Waals surface area contributed by atoms with Crippen LogP contribution in [-0.2, 0) is 28.0 Å². The molecule has 0 aliphatic rings. The van der Waals surface area contributed by atoms with E-state index in [0.29, 0.717) is 0 Å². The molecule has 160 valence electrons. The van der Waals surface area contributed by atoms with Crippen LogP contribution >= 0.6 is 0 Å². The summed E-state index contributed by atoms with van der Waals surface area (Å²) in [6.07, 6.45) is 0. The highest BCUT2D eigenvalue weighted by Crippen LogP contribution is 2.32. The third kappa shape index (κ3) is 4.80. The van der Waals surface area contributed by atoms with Gasteiger partial charge in [0, 0.05) is 10.4 Å². The molecule has 15 heteroatoms. The smallest absolute Gasteiger partial charge is 0.267 e. The summed E-state index contributed by atoms with van der Waals surface area (Å²) in [6, 6.07) is 10.7. The highest BCUT2D eigenvalue weighted by Gasteiger charge is 2.61. The van der Waals surface area contributed by atoms with Gasteiger partial charge in [0.15, 0.2) is 0 Å². The molecule has 0 bridgehead atoms. The summed E-state index contributed by atoms with van der Waals surface area (Å²) in [4.78, 5) is 0. The van der Waals surface area contributed by atoms with Gasteiger partial charge in [-0.15, -0.1) is 0 Å². The normalized spacial score (nSPS) is 14.0. The Hall–Kier alpha value is -1.94. The minimum atomic E-state index is -6.56. The predicted octanol–water partition coefficient (Wildman–Crippen LogP) is 1.98. The van der Waals surface area contributed by atoms with E-state index in [-0.39, 0.29) is 0 Å². The van der Waals surface area contributed by atoms with Gasteiger partial charge in [-0.3, -0.25) is 7.74 Å². The van der Waals surface area contributed by atoms with Crippen LogP contribution in [0.1, 0.15) is 0 Å². The van der Waals surface area contributed by atoms with E-state index < -0.39 is 50.2 Å². The maximum atomic E-state index is 12.9. The van der Waals surface area contributed by atoms with Gasteiger partial charge in [0.25, 0.3) is 0 Å². The minimum Gasteiger partial charge on any atom is -0.267 e. The van der Waals surface area contributed by atoms with Crippen molar-refractivity contribution < 1.29 is 50.9 Å². The highest BCUT2D eigenvalue weighted by atomic mass is 32.2. The Kier molecular flexibility index (Phi) is 6.21. The van der Waals surface area contributed by atoms with Crippen LogP contribution in [-0.4, -0.2) is 36.4 Å². The molecule has 0 spiro atoms. The molecule has 2 rings (SSSR count). The van der Waals surface area contributed by atoms with Crippen molar-refractivity contribution in [3.8, 4) is 0 Å². The Labute approximate surface area is 162 Å². The van der Waals surface area contributed by atoms with Gasteiger partial charge in [-0.05, 0) is 0 Å². The first-order valence-corrected chi connectivity index (χ1v) is 11.9. The Balaban J connectivity index is 2.87. The Bertz CT molecular complexity index is 966. The fourth-order valence-electron chi connectivity index (χ4n) is 2.09. The van der Waals surface area contributed by atoms with Crippen molar-refractivity contribution in [1.29, 1.82) is 0 Å². The van der Waals surface area contributed by atoms with Gasteiger partial charge in [-0.25, -0.2) is 0 Å². The lowest BCUT2D eigenvalue weighted by molar-refractivity contribution is -0.0527. The molecule has 0 aromatic heterocycles. The molecule has 0 unspecified atom stereocenters. The minimum absolute atomic E-state index is 0.619. The summed E-state index contributed by atoms with van der Waals surface area (Å²) >= 11 is 0. The lowest BCUT2D eigenvalue weighted by atomic mass is 10.4. The zero-order chi connectivity index (χ0) is 22.1. The van der Waals surface area contributed by atoms with Crippen molar-refractivity contribution in [3.63, 3.8) is 0 Å². The van der Waals surface area contributed by atoms with Crippen molar-refractivity contribution in [2.75, 3.05) is 0 Å². The van der Waals surface area contributed by atoms with Crippen molar-refractivity contribution >= 4 is 39.2 Å². The van der Waals surface area contributed by atoms with Crippen molar-refractivity contribution in [2.45, 2.75) is 11.0 Å². The summed E-state index contributed by atoms with van der Waals surface area (Å²) < 4.78 is 133. The second-order valence-corrected chi connectivity index (χ2v) is 11.8. The first-order valence-electron chi connectivity index (χ1n) is 7.27. The second-order valence-electron chi connectivity index (χ2n) is 5.32. The molecule has 0 radical (unpaired) electrons. The summed E-state index contributed by atoms with van der Waals surface area (Å²) in [5.74, 6) is 0. The number of alkyl halides is 6. The molecule has 0 saturated carbocycles. The molecule has 0 saturated heterocycles. The van der Waals surface area contributed by atoms with Gasteiger partial charge < -0.3 is 0 Å². The average Bonchev–Trinajstić information content (AvgIpc) is 2.60. The van der Waals surface area contributed by atoms with Gasteiger partial charge in [-0.2, -0.15) is 43.2 Å². The van der Waals surface area contributed by atoms with Crippen LogP contribution in [0.25, 0.3) is 0 Å². The summed E-state index contributed by atoms with van der Waals surface area (Å²) in [5.41, 5.74) is -12.1. The molecule has 0 amide bonds. The molecular formula is C14H10F6O6S2Si. The van der Waals surface area contributed by atoms with E-state index in [2.05, 4.69) is 7.74 Å². The lowest BCUT2D eigenvalue weighted by Crippen LogP contribution is -2.66. The van der Waals surface area contributed by atoms with Crippen molar-refractivity contribution in [2.24, 2.45) is 0 Å². The Morgan fingerprint density at radius 3 is 1.10 bits per heavy atom. The average molecular weight is 480 g/mol. The maximum Gasteiger partial charge on any atom is 0.522 e. The van der Waals surface area contributed by atoms with Crippen molar-refractivity contribution in [3.05, 3.63) is 60.7 Å². The molecule has 2 aromatic rings. The number of hydrogen-bond donors (Lipinski definition) is 0. The fourth-order valence-corrected chi connectivity index (χ4v) is 8.82. The Morgan fingerprint density at radius 1 is 0.586 bits per heavy atom. The Morgan fingerprint density at radius 2 is 0.862 bits per heavy atom. The maximum absolute atomic E-state index is 12.9. The third-order valence-electron chi connectivity index (χ3n) is 3.33. The van der Waals surface area contributed by atoms with E-state index in [9.17, 15) is 43.2 Å². The molecule has 0 heterocycles. The number of hydrogen-bond acceptors (Lipinski definition) is 6. The summed E-state index contributed by atoms with van der Waals surface area (Å²) in [6.45, 7) is 0. The van der Waals surface area contributed by atoms with Gasteiger partial charge >= 0.3 is 39.8 Å². The molecule has 2 aromatic carbocycles. The standard InChI is InChI=1S/C14H10F6O6S2Si/c15-13(16,17)27(21,22)25-29(11-7-3-1-4-8-11,12-9-5-2-6-10-12)26-28(23,24)14(18,19)20/h1-10H. The van der Waals surface area contributed by atoms with Gasteiger partial charge in [-0.1, -0.05) is 60.7 Å². The van der Waals surface area contributed by atoms with E-state index in [1.807, 2.05) is 0 Å². The third-order valence-corrected chi connectivity index (χ3v) is 10.3. The number of benzene rings is 2. The van der Waals surface area contributed by atoms with Crippen LogP contribution in [0.5, 0.6) is 0 Å². The SMILES string of the molecule is O=S(=O)(O[Si](OS(=O)(=O)C(F)(F)F)(c1ccccc1)c1ccccc1)C(F)(F)F. The van der Waals surface area contributed by atoms with Crippen LogP contribution in [0.2, 0.25) is 0 Å². The molecule has 0 N–H and O–H groups in total. The van der Waals surface area contributed by atoms with E-state index >= 15 is 0 Å². The van der Waals surface area contributed by atoms with Crippen LogP contribution in [0.15, 0.2) is 60.7 Å². The topological polar surface area (TPSA) is 86.7 Å². The molecule has 0 aliphatic heterocycles. The summed E-state index contributed by atoms with van der Waals surface area (Å²) in [5, 5.41) is -1.24. The predicted molar refractivity (Wildman–Crippen MR) is 90.0 cm³/mol. The molecule has 0 fully saturated rings. The first-order chi connectivity index (χ1) is 13.1. The van der Waals surface area contributed by atoms with E-state index in [1.54, 1.807) is 0 Å². The second kappa shape index (κ2) is 7.71. The monoisotopic (exact) mass is 480 g/mol. The molecular weight excluding hydrogens is 470 g/mol. The van der Waals surface area contributed by atoms with E-state index in [0.717, 1.165) is 48.5 Å². The molecule has 0 atom stereocenters. The zero-order valence-corrected chi connectivity index (χ0v) is 16.4. The van der Waals surface area contributed by atoms with Crippen LogP contribution in [0.4, 0.5) is 26.3 Å². The molecule has 6 nitrogen and oxygen atoms in total. The summed E-state index contributed by atoms with van der Waals surface area (Å²) in [7, 11) is -18.8. The molecule has 0 aliphatic carbocycles. The quantitative estimate of drug-likeness (QED) is 0.357. The number of halogens is 6. The van der Waals surface area contributed by atoms with Crippen molar-refractivity contribution in [1.82, 2.24) is 0 Å². The van der Waals surface area contributed by atoms with Gasteiger partial charge in [0.05, 0.1) is 0 Å². The van der Waals surface area contributed by atoms with E-state index in [4.69, 9.17) is 0 Å². The lowest BCUT2D eigenvalue weighted by Gasteiger charge is -2.30. The largest absolute Gasteiger partial charge is 0.522 e. The van der Waals surface area contributed by atoms with Crippen LogP contribution < -0.4 is 10.4 Å². The van der Waals surface area contributed by atoms with E-state index in [1.165, 1.54) is 12.1 Å². The highest BCUT2D eigenvalue weighted by molar-refractivity contribution is 7.90. The first kappa shape index (κ1) is 23.3.